The molecule has 148 valence electrons. The molecule has 0 spiro atoms. The SMILES string of the molecule is COCOC(CCCl)CO[Si](c1ccccc1)(c1ccccc1)C(C)(C)C. The highest BCUT2D eigenvalue weighted by Gasteiger charge is 2.50. The number of methoxy groups -OCH3 is 1. The number of hydrogen-bond acceptors (Lipinski definition) is 3. The summed E-state index contributed by atoms with van der Waals surface area (Å²) in [7, 11) is -0.918. The minimum Gasteiger partial charge on any atom is -0.405 e. The summed E-state index contributed by atoms with van der Waals surface area (Å²) in [6.07, 6.45) is 0.632. The molecule has 1 unspecified atom stereocenters. The van der Waals surface area contributed by atoms with E-state index in [9.17, 15) is 0 Å². The molecule has 2 rings (SSSR count). The Morgan fingerprint density at radius 2 is 1.44 bits per heavy atom. The quantitative estimate of drug-likeness (QED) is 0.336. The molecule has 2 aromatic carbocycles. The molecule has 0 aromatic heterocycles. The van der Waals surface area contributed by atoms with E-state index in [2.05, 4.69) is 69.3 Å². The molecule has 27 heavy (non-hydrogen) atoms. The summed E-state index contributed by atoms with van der Waals surface area (Å²) in [5.41, 5.74) is 0. The fourth-order valence-electron chi connectivity index (χ4n) is 3.48. The van der Waals surface area contributed by atoms with Gasteiger partial charge in [-0.25, -0.2) is 0 Å². The highest BCUT2D eigenvalue weighted by atomic mass is 35.5. The van der Waals surface area contributed by atoms with Gasteiger partial charge in [0.2, 0.25) is 0 Å². The van der Waals surface area contributed by atoms with Gasteiger partial charge in [-0.15, -0.1) is 11.6 Å². The van der Waals surface area contributed by atoms with E-state index < -0.39 is 8.32 Å². The number of rotatable bonds is 10. The molecule has 0 radical (unpaired) electrons. The normalized spacial score (nSPS) is 13.5. The molecular formula is C22H31ClO3Si. The zero-order valence-corrected chi connectivity index (χ0v) is 18.5. The zero-order chi connectivity index (χ0) is 19.8. The van der Waals surface area contributed by atoms with Gasteiger partial charge in [-0.3, -0.25) is 0 Å². The first-order valence-electron chi connectivity index (χ1n) is 9.37. The van der Waals surface area contributed by atoms with Crippen molar-refractivity contribution in [2.24, 2.45) is 0 Å². The van der Waals surface area contributed by atoms with Crippen LogP contribution in [0, 0.1) is 0 Å². The van der Waals surface area contributed by atoms with E-state index in [0.717, 1.165) is 6.42 Å². The Bertz CT molecular complexity index is 619. The monoisotopic (exact) mass is 406 g/mol. The summed E-state index contributed by atoms with van der Waals surface area (Å²) < 4.78 is 17.8. The molecule has 0 aliphatic heterocycles. The van der Waals surface area contributed by atoms with Crippen molar-refractivity contribution in [2.75, 3.05) is 26.4 Å². The summed E-state index contributed by atoms with van der Waals surface area (Å²) in [5.74, 6) is 0.526. The van der Waals surface area contributed by atoms with Gasteiger partial charge in [0.05, 0.1) is 12.7 Å². The molecule has 3 nitrogen and oxygen atoms in total. The second-order valence-electron chi connectivity index (χ2n) is 7.65. The molecule has 0 heterocycles. The smallest absolute Gasteiger partial charge is 0.261 e. The van der Waals surface area contributed by atoms with Crippen LogP contribution in [0.1, 0.15) is 27.2 Å². The fourth-order valence-corrected chi connectivity index (χ4v) is 8.32. The van der Waals surface area contributed by atoms with Crippen molar-refractivity contribution < 1.29 is 13.9 Å². The Morgan fingerprint density at radius 1 is 0.926 bits per heavy atom. The maximum absolute atomic E-state index is 6.88. The van der Waals surface area contributed by atoms with Crippen LogP contribution in [0.5, 0.6) is 0 Å². The number of hydrogen-bond donors (Lipinski definition) is 0. The largest absolute Gasteiger partial charge is 0.405 e. The Kier molecular flexibility index (Phi) is 8.51. The van der Waals surface area contributed by atoms with Gasteiger partial charge < -0.3 is 13.9 Å². The van der Waals surface area contributed by atoms with Crippen LogP contribution in [0.15, 0.2) is 60.7 Å². The second-order valence-corrected chi connectivity index (χ2v) is 12.3. The summed E-state index contributed by atoms with van der Waals surface area (Å²) in [6, 6.07) is 21.2. The van der Waals surface area contributed by atoms with Crippen molar-refractivity contribution in [3.8, 4) is 0 Å². The average Bonchev–Trinajstić information content (AvgIpc) is 2.67. The van der Waals surface area contributed by atoms with Crippen molar-refractivity contribution in [1.82, 2.24) is 0 Å². The first kappa shape index (κ1) is 22.1. The lowest BCUT2D eigenvalue weighted by atomic mass is 10.2. The van der Waals surface area contributed by atoms with Crippen LogP contribution in [-0.2, 0) is 13.9 Å². The van der Waals surface area contributed by atoms with Gasteiger partial charge in [-0.2, -0.15) is 0 Å². The molecule has 5 heteroatoms. The maximum atomic E-state index is 6.88. The van der Waals surface area contributed by atoms with Crippen LogP contribution in [0.25, 0.3) is 0 Å². The first-order valence-corrected chi connectivity index (χ1v) is 11.8. The van der Waals surface area contributed by atoms with E-state index in [0.29, 0.717) is 12.5 Å². The Hall–Kier alpha value is -1.17. The second kappa shape index (κ2) is 10.4. The predicted octanol–water partition coefficient (Wildman–Crippen LogP) is 4.18. The van der Waals surface area contributed by atoms with Gasteiger partial charge in [-0.05, 0) is 21.8 Å². The lowest BCUT2D eigenvalue weighted by Gasteiger charge is -2.43. The minimum atomic E-state index is -2.54. The van der Waals surface area contributed by atoms with Crippen LogP contribution in [0.4, 0.5) is 0 Å². The van der Waals surface area contributed by atoms with Gasteiger partial charge in [0.1, 0.15) is 6.79 Å². The fraction of sp³-hybridized carbons (Fsp3) is 0.455. The first-order chi connectivity index (χ1) is 13.0. The minimum absolute atomic E-state index is 0.0531. The maximum Gasteiger partial charge on any atom is 0.261 e. The Labute approximate surface area is 169 Å². The third kappa shape index (κ3) is 5.43. The molecule has 0 saturated carbocycles. The highest BCUT2D eigenvalue weighted by Crippen LogP contribution is 2.36. The molecule has 0 amide bonds. The summed E-state index contributed by atoms with van der Waals surface area (Å²) >= 11 is 5.98. The molecular weight excluding hydrogens is 376 g/mol. The lowest BCUT2D eigenvalue weighted by molar-refractivity contribution is -0.0852. The van der Waals surface area contributed by atoms with E-state index >= 15 is 0 Å². The lowest BCUT2D eigenvalue weighted by Crippen LogP contribution is -2.67. The van der Waals surface area contributed by atoms with E-state index in [4.69, 9.17) is 25.5 Å². The third-order valence-electron chi connectivity index (χ3n) is 4.76. The molecule has 1 atom stereocenters. The van der Waals surface area contributed by atoms with Gasteiger partial charge in [0.25, 0.3) is 8.32 Å². The van der Waals surface area contributed by atoms with E-state index in [1.807, 2.05) is 12.1 Å². The van der Waals surface area contributed by atoms with Crippen molar-refractivity contribution in [1.29, 1.82) is 0 Å². The molecule has 0 N–H and O–H groups in total. The molecule has 0 aliphatic carbocycles. The van der Waals surface area contributed by atoms with Crippen LogP contribution >= 0.6 is 11.6 Å². The molecule has 0 aliphatic rings. The van der Waals surface area contributed by atoms with Crippen LogP contribution < -0.4 is 10.4 Å². The van der Waals surface area contributed by atoms with Crippen LogP contribution in [0.2, 0.25) is 5.04 Å². The number of benzene rings is 2. The van der Waals surface area contributed by atoms with Crippen LogP contribution in [0.3, 0.4) is 0 Å². The summed E-state index contributed by atoms with van der Waals surface area (Å²) in [5, 5.41) is 2.47. The predicted molar refractivity (Wildman–Crippen MR) is 116 cm³/mol. The number of ether oxygens (including phenoxy) is 2. The van der Waals surface area contributed by atoms with E-state index in [1.165, 1.54) is 10.4 Å². The van der Waals surface area contributed by atoms with Gasteiger partial charge in [0.15, 0.2) is 0 Å². The molecule has 0 fully saturated rings. The molecule has 2 aromatic rings. The summed E-state index contributed by atoms with van der Waals surface area (Å²) in [4.78, 5) is 0. The molecule has 0 bridgehead atoms. The van der Waals surface area contributed by atoms with E-state index in [1.54, 1.807) is 7.11 Å². The van der Waals surface area contributed by atoms with Crippen LogP contribution in [-0.4, -0.2) is 40.8 Å². The van der Waals surface area contributed by atoms with Gasteiger partial charge >= 0.3 is 0 Å². The zero-order valence-electron chi connectivity index (χ0n) is 16.8. The van der Waals surface area contributed by atoms with E-state index in [-0.39, 0.29) is 17.9 Å². The van der Waals surface area contributed by atoms with Gasteiger partial charge in [0, 0.05) is 13.0 Å². The molecule has 0 saturated heterocycles. The number of alkyl halides is 1. The summed E-state index contributed by atoms with van der Waals surface area (Å²) in [6.45, 7) is 7.54. The third-order valence-corrected chi connectivity index (χ3v) is 9.98. The highest BCUT2D eigenvalue weighted by molar-refractivity contribution is 6.99. The standard InChI is InChI=1S/C22H31ClO3Si/c1-22(2,3)27(20-11-7-5-8-12-20,21-13-9-6-10-14-21)26-17-19(15-16-23)25-18-24-4/h5-14,19H,15-18H2,1-4H3. The van der Waals surface area contributed by atoms with Gasteiger partial charge in [-0.1, -0.05) is 81.4 Å². The average molecular weight is 407 g/mol. The number of halogens is 1. The van der Waals surface area contributed by atoms with Crippen molar-refractivity contribution in [2.45, 2.75) is 38.3 Å². The Morgan fingerprint density at radius 3 is 1.85 bits per heavy atom. The topological polar surface area (TPSA) is 27.7 Å². The van der Waals surface area contributed by atoms with Crippen molar-refractivity contribution in [3.05, 3.63) is 60.7 Å². The van der Waals surface area contributed by atoms with Crippen molar-refractivity contribution >= 4 is 30.3 Å². The Balaban J connectivity index is 2.45. The van der Waals surface area contributed by atoms with Crippen molar-refractivity contribution in [3.63, 3.8) is 0 Å².